The summed E-state index contributed by atoms with van der Waals surface area (Å²) < 4.78 is 0. The van der Waals surface area contributed by atoms with E-state index in [9.17, 15) is 4.79 Å². The molecule has 106 valence electrons. The Morgan fingerprint density at radius 1 is 1.47 bits per heavy atom. The summed E-state index contributed by atoms with van der Waals surface area (Å²) in [7, 11) is 0. The van der Waals surface area contributed by atoms with Crippen molar-refractivity contribution in [1.29, 1.82) is 0 Å². The first-order chi connectivity index (χ1) is 9.19. The molecule has 19 heavy (non-hydrogen) atoms. The van der Waals surface area contributed by atoms with Gasteiger partial charge in [0.25, 0.3) is 5.91 Å². The number of carbonyl (C=O) groups excluding carboxylic acids is 1. The van der Waals surface area contributed by atoms with Crippen LogP contribution in [0, 0.1) is 0 Å². The molecule has 0 saturated carbocycles. The molecule has 0 spiro atoms. The molecule has 3 N–H and O–H groups in total. The summed E-state index contributed by atoms with van der Waals surface area (Å²) in [6.45, 7) is 7.07. The van der Waals surface area contributed by atoms with Gasteiger partial charge in [-0.1, -0.05) is 6.07 Å². The summed E-state index contributed by atoms with van der Waals surface area (Å²) in [5.41, 5.74) is 5.85. The zero-order chi connectivity index (χ0) is 14.1. The van der Waals surface area contributed by atoms with Gasteiger partial charge in [-0.25, -0.2) is 0 Å². The van der Waals surface area contributed by atoms with Crippen LogP contribution in [0.4, 0.5) is 0 Å². The Labute approximate surface area is 118 Å². The molecule has 1 heterocycles. The number of carbonyl (C=O) groups is 1. The molecule has 0 atom stereocenters. The highest BCUT2D eigenvalue weighted by atomic mass is 32.1. The summed E-state index contributed by atoms with van der Waals surface area (Å²) in [4.78, 5) is 18.7. The molecule has 6 heteroatoms. The van der Waals surface area contributed by atoms with Gasteiger partial charge in [-0.15, -0.1) is 11.3 Å². The van der Waals surface area contributed by atoms with Crippen LogP contribution in [0.15, 0.2) is 22.5 Å². The van der Waals surface area contributed by atoms with E-state index in [1.165, 1.54) is 11.3 Å². The molecule has 0 aromatic carbocycles. The van der Waals surface area contributed by atoms with Crippen LogP contribution in [-0.4, -0.2) is 42.9 Å². The minimum absolute atomic E-state index is 0.0179. The van der Waals surface area contributed by atoms with Crippen LogP contribution in [0.5, 0.6) is 0 Å². The van der Waals surface area contributed by atoms with Gasteiger partial charge in [-0.3, -0.25) is 9.79 Å². The van der Waals surface area contributed by atoms with E-state index in [1.807, 2.05) is 36.3 Å². The molecule has 0 bridgehead atoms. The predicted molar refractivity (Wildman–Crippen MR) is 80.7 cm³/mol. The van der Waals surface area contributed by atoms with E-state index >= 15 is 0 Å². The van der Waals surface area contributed by atoms with E-state index in [-0.39, 0.29) is 5.91 Å². The third kappa shape index (κ3) is 5.30. The fourth-order valence-corrected chi connectivity index (χ4v) is 2.26. The van der Waals surface area contributed by atoms with Gasteiger partial charge in [-0.2, -0.15) is 0 Å². The second-order valence-corrected chi connectivity index (χ2v) is 4.95. The van der Waals surface area contributed by atoms with E-state index in [1.54, 1.807) is 0 Å². The van der Waals surface area contributed by atoms with Gasteiger partial charge < -0.3 is 16.0 Å². The quantitative estimate of drug-likeness (QED) is 0.452. The molecule has 0 radical (unpaired) electrons. The second-order valence-electron chi connectivity index (χ2n) is 4.00. The predicted octanol–water partition coefficient (Wildman–Crippen LogP) is 1.52. The maximum Gasteiger partial charge on any atom is 0.261 e. The average Bonchev–Trinajstić information content (AvgIpc) is 2.93. The summed E-state index contributed by atoms with van der Waals surface area (Å²) in [6, 6.07) is 3.69. The number of nitrogens with zero attached hydrogens (tertiary/aromatic N) is 2. The van der Waals surface area contributed by atoms with E-state index in [2.05, 4.69) is 10.3 Å². The van der Waals surface area contributed by atoms with Gasteiger partial charge in [0.2, 0.25) is 0 Å². The first-order valence-electron chi connectivity index (χ1n) is 6.55. The Morgan fingerprint density at radius 2 is 2.21 bits per heavy atom. The lowest BCUT2D eigenvalue weighted by Gasteiger charge is -2.19. The maximum atomic E-state index is 11.6. The number of aliphatic imine (C=N–C) groups is 1. The smallest absolute Gasteiger partial charge is 0.261 e. The normalized spacial score (nSPS) is 11.4. The van der Waals surface area contributed by atoms with Gasteiger partial charge >= 0.3 is 0 Å². The lowest BCUT2D eigenvalue weighted by molar-refractivity contribution is 0.0957. The van der Waals surface area contributed by atoms with Crippen LogP contribution in [0.1, 0.15) is 29.9 Å². The van der Waals surface area contributed by atoms with Crippen molar-refractivity contribution in [2.45, 2.75) is 20.3 Å². The number of nitrogens with one attached hydrogen (secondary N) is 1. The van der Waals surface area contributed by atoms with Crippen LogP contribution in [0.3, 0.4) is 0 Å². The molecule has 1 amide bonds. The minimum Gasteiger partial charge on any atom is -0.370 e. The Bertz CT molecular complexity index is 399. The second kappa shape index (κ2) is 8.53. The van der Waals surface area contributed by atoms with Gasteiger partial charge in [0.1, 0.15) is 0 Å². The van der Waals surface area contributed by atoms with Crippen molar-refractivity contribution in [2.75, 3.05) is 26.2 Å². The van der Waals surface area contributed by atoms with Crippen LogP contribution in [0.25, 0.3) is 0 Å². The number of hydrogen-bond acceptors (Lipinski definition) is 3. The zero-order valence-corrected chi connectivity index (χ0v) is 12.4. The number of rotatable bonds is 7. The largest absolute Gasteiger partial charge is 0.370 e. The van der Waals surface area contributed by atoms with Crippen molar-refractivity contribution in [3.05, 3.63) is 22.4 Å². The number of hydrogen-bond donors (Lipinski definition) is 2. The molecule has 1 aromatic heterocycles. The molecular weight excluding hydrogens is 260 g/mol. The fraction of sp³-hybridized carbons (Fsp3) is 0.538. The molecule has 0 aliphatic rings. The Kier molecular flexibility index (Phi) is 6.95. The SMILES string of the molecule is CCN(CC)C(N)=NCCCNC(=O)c1cccs1. The maximum absolute atomic E-state index is 11.6. The molecule has 0 aliphatic carbocycles. The molecule has 0 saturated heterocycles. The third-order valence-electron chi connectivity index (χ3n) is 2.73. The van der Waals surface area contributed by atoms with Crippen molar-refractivity contribution in [1.82, 2.24) is 10.2 Å². The molecule has 1 aromatic rings. The Hall–Kier alpha value is -1.56. The van der Waals surface area contributed by atoms with Gasteiger partial charge in [-0.05, 0) is 31.7 Å². The zero-order valence-electron chi connectivity index (χ0n) is 11.6. The average molecular weight is 282 g/mol. The van der Waals surface area contributed by atoms with Gasteiger partial charge in [0, 0.05) is 26.2 Å². The summed E-state index contributed by atoms with van der Waals surface area (Å²) >= 11 is 1.44. The third-order valence-corrected chi connectivity index (χ3v) is 3.60. The lowest BCUT2D eigenvalue weighted by Crippen LogP contribution is -2.37. The summed E-state index contributed by atoms with van der Waals surface area (Å²) in [5, 5.41) is 4.76. The molecular formula is C13H22N4OS. The number of nitrogens with two attached hydrogens (primary N) is 1. The lowest BCUT2D eigenvalue weighted by atomic mass is 10.4. The molecule has 5 nitrogen and oxygen atoms in total. The van der Waals surface area contributed by atoms with Crippen molar-refractivity contribution >= 4 is 23.2 Å². The van der Waals surface area contributed by atoms with Crippen LogP contribution in [-0.2, 0) is 0 Å². The van der Waals surface area contributed by atoms with Gasteiger partial charge in [0.15, 0.2) is 5.96 Å². The Morgan fingerprint density at radius 3 is 2.79 bits per heavy atom. The summed E-state index contributed by atoms with van der Waals surface area (Å²) in [6.07, 6.45) is 0.791. The highest BCUT2D eigenvalue weighted by Crippen LogP contribution is 2.07. The number of guanidine groups is 1. The van der Waals surface area contributed by atoms with Crippen LogP contribution in [0.2, 0.25) is 0 Å². The van der Waals surface area contributed by atoms with E-state index in [4.69, 9.17) is 5.73 Å². The molecule has 0 aliphatic heterocycles. The number of amides is 1. The topological polar surface area (TPSA) is 70.7 Å². The summed E-state index contributed by atoms with van der Waals surface area (Å²) in [5.74, 6) is 0.560. The fourth-order valence-electron chi connectivity index (χ4n) is 1.62. The van der Waals surface area contributed by atoms with Gasteiger partial charge in [0.05, 0.1) is 4.88 Å². The first-order valence-corrected chi connectivity index (χ1v) is 7.43. The van der Waals surface area contributed by atoms with Crippen molar-refractivity contribution in [3.63, 3.8) is 0 Å². The van der Waals surface area contributed by atoms with E-state index in [0.29, 0.717) is 19.0 Å². The first kappa shape index (κ1) is 15.5. The highest BCUT2D eigenvalue weighted by molar-refractivity contribution is 7.12. The van der Waals surface area contributed by atoms with Crippen molar-refractivity contribution in [3.8, 4) is 0 Å². The highest BCUT2D eigenvalue weighted by Gasteiger charge is 2.04. The Balaban J connectivity index is 2.21. The number of thiophene rings is 1. The van der Waals surface area contributed by atoms with Crippen LogP contribution < -0.4 is 11.1 Å². The van der Waals surface area contributed by atoms with Crippen molar-refractivity contribution < 1.29 is 4.79 Å². The molecule has 0 unspecified atom stereocenters. The standard InChI is InChI=1S/C13H22N4OS/c1-3-17(4-2)13(14)16-9-6-8-15-12(18)11-7-5-10-19-11/h5,7,10H,3-4,6,8-9H2,1-2H3,(H2,14,16)(H,15,18). The van der Waals surface area contributed by atoms with Crippen LogP contribution >= 0.6 is 11.3 Å². The minimum atomic E-state index is -0.0179. The van der Waals surface area contributed by atoms with E-state index < -0.39 is 0 Å². The molecule has 1 rings (SSSR count). The molecule has 0 fully saturated rings. The van der Waals surface area contributed by atoms with E-state index in [0.717, 1.165) is 24.4 Å². The monoisotopic (exact) mass is 282 g/mol. The van der Waals surface area contributed by atoms with Crippen molar-refractivity contribution in [2.24, 2.45) is 10.7 Å².